The molecule has 3 aliphatic rings. The van der Waals surface area contributed by atoms with Gasteiger partial charge in [0.1, 0.15) is 5.82 Å². The molecule has 138 valence electrons. The Hall–Kier alpha value is -2.29. The molecule has 2 N–H and O–H groups in total. The van der Waals surface area contributed by atoms with Crippen LogP contribution >= 0.6 is 0 Å². The number of nitrogens with zero attached hydrogens (tertiary/aromatic N) is 5. The maximum atomic E-state index is 13.3. The van der Waals surface area contributed by atoms with Gasteiger partial charge in [0.05, 0.1) is 11.9 Å². The third kappa shape index (κ3) is 2.90. The van der Waals surface area contributed by atoms with E-state index < -0.39 is 11.8 Å². The maximum absolute atomic E-state index is 13.3. The molecule has 3 atom stereocenters. The van der Waals surface area contributed by atoms with Gasteiger partial charge in [0, 0.05) is 56.5 Å². The van der Waals surface area contributed by atoms with Crippen LogP contribution < -0.4 is 10.2 Å². The Morgan fingerprint density at radius 2 is 2.04 bits per heavy atom. The third-order valence-corrected chi connectivity index (χ3v) is 5.74. The summed E-state index contributed by atoms with van der Waals surface area (Å²) in [6, 6.07) is 2.58. The number of fused-ring (bicyclic) bond motifs is 2. The molecule has 0 amide bonds. The number of H-pyrrole nitrogens is 1. The molecule has 1 aliphatic carbocycles. The second-order valence-electron chi connectivity index (χ2n) is 7.50. The van der Waals surface area contributed by atoms with Gasteiger partial charge in [-0.3, -0.25) is 10.00 Å². The Balaban J connectivity index is 1.27. The van der Waals surface area contributed by atoms with Crippen LogP contribution in [0.5, 0.6) is 0 Å². The fourth-order valence-electron chi connectivity index (χ4n) is 4.23. The van der Waals surface area contributed by atoms with Crippen molar-refractivity contribution in [1.82, 2.24) is 25.1 Å². The largest absolute Gasteiger partial charge is 0.353 e. The zero-order valence-corrected chi connectivity index (χ0v) is 14.3. The summed E-state index contributed by atoms with van der Waals surface area (Å²) in [5, 5.41) is 9.75. The summed E-state index contributed by atoms with van der Waals surface area (Å²) in [5.41, 5.74) is 0.803. The molecule has 0 spiro atoms. The molecule has 0 radical (unpaired) electrons. The Bertz CT molecular complexity index is 767. The second kappa shape index (κ2) is 5.87. The summed E-state index contributed by atoms with van der Waals surface area (Å²) in [6.07, 6.45) is 7.35. The predicted molar refractivity (Wildman–Crippen MR) is 92.7 cm³/mol. The molecule has 2 bridgehead atoms. The van der Waals surface area contributed by atoms with Crippen molar-refractivity contribution < 1.29 is 8.78 Å². The number of hydrogen-bond acceptors (Lipinski definition) is 6. The van der Waals surface area contributed by atoms with Crippen molar-refractivity contribution in [2.75, 3.05) is 29.9 Å². The van der Waals surface area contributed by atoms with Gasteiger partial charge in [-0.15, -0.1) is 0 Å². The van der Waals surface area contributed by atoms with Crippen LogP contribution in [0.1, 0.15) is 19.3 Å². The van der Waals surface area contributed by atoms with Crippen molar-refractivity contribution >= 4 is 17.5 Å². The summed E-state index contributed by atoms with van der Waals surface area (Å²) >= 11 is 0. The molecule has 26 heavy (non-hydrogen) atoms. The molecule has 5 rings (SSSR count). The van der Waals surface area contributed by atoms with Gasteiger partial charge in [0.2, 0.25) is 5.95 Å². The van der Waals surface area contributed by atoms with E-state index in [-0.39, 0.29) is 6.42 Å². The first kappa shape index (κ1) is 15.9. The first-order chi connectivity index (χ1) is 12.6. The van der Waals surface area contributed by atoms with Crippen molar-refractivity contribution in [3.05, 3.63) is 24.7 Å². The van der Waals surface area contributed by atoms with Gasteiger partial charge in [-0.2, -0.15) is 10.1 Å². The third-order valence-electron chi connectivity index (χ3n) is 5.74. The lowest BCUT2D eigenvalue weighted by atomic mass is 10.1. The second-order valence-corrected chi connectivity index (χ2v) is 7.50. The first-order valence-electron chi connectivity index (χ1n) is 9.06. The minimum absolute atomic E-state index is 0.0571. The number of piperazine rings is 1. The van der Waals surface area contributed by atoms with Gasteiger partial charge in [-0.05, 0) is 18.9 Å². The molecule has 4 heterocycles. The molecule has 3 fully saturated rings. The standard InChI is InChI=1S/C17H21F2N7/c18-17(19)5-11(17)8-26-13-1-2-14(26)10-25(9-13)15-3-4-20-16(24-15)23-12-6-21-22-7-12/h3-4,6-7,11,13-14H,1-2,5,8-10H2,(H,21,22)(H,20,23,24)/t11-,13-,14+/m1/s1. The number of aromatic nitrogens is 4. The van der Waals surface area contributed by atoms with Gasteiger partial charge in [0.25, 0.3) is 5.92 Å². The number of anilines is 3. The van der Waals surface area contributed by atoms with Gasteiger partial charge in [0.15, 0.2) is 0 Å². The lowest BCUT2D eigenvalue weighted by molar-refractivity contribution is 0.0750. The van der Waals surface area contributed by atoms with Crippen LogP contribution in [-0.2, 0) is 0 Å². The van der Waals surface area contributed by atoms with Crippen LogP contribution in [0, 0.1) is 5.92 Å². The minimum atomic E-state index is -2.43. The van der Waals surface area contributed by atoms with Crippen LogP contribution in [0.15, 0.2) is 24.7 Å². The maximum Gasteiger partial charge on any atom is 0.252 e. The van der Waals surface area contributed by atoms with E-state index in [1.807, 2.05) is 6.07 Å². The smallest absolute Gasteiger partial charge is 0.252 e. The highest BCUT2D eigenvalue weighted by Gasteiger charge is 2.58. The number of aromatic amines is 1. The molecule has 2 aromatic rings. The molecule has 2 saturated heterocycles. The van der Waals surface area contributed by atoms with E-state index in [1.165, 1.54) is 0 Å². The van der Waals surface area contributed by atoms with Crippen molar-refractivity contribution in [2.45, 2.75) is 37.3 Å². The monoisotopic (exact) mass is 361 g/mol. The molecule has 0 aromatic carbocycles. The molecule has 1 saturated carbocycles. The average Bonchev–Trinajstić information content (AvgIpc) is 2.93. The van der Waals surface area contributed by atoms with Crippen molar-refractivity contribution in [1.29, 1.82) is 0 Å². The molecule has 0 unspecified atom stereocenters. The highest BCUT2D eigenvalue weighted by atomic mass is 19.3. The minimum Gasteiger partial charge on any atom is -0.353 e. The quantitative estimate of drug-likeness (QED) is 0.851. The normalized spacial score (nSPS) is 29.8. The molecule has 2 aliphatic heterocycles. The summed E-state index contributed by atoms with van der Waals surface area (Å²) < 4.78 is 26.6. The Kier molecular flexibility index (Phi) is 3.59. The highest BCUT2D eigenvalue weighted by Crippen LogP contribution is 2.50. The zero-order valence-electron chi connectivity index (χ0n) is 14.3. The lowest BCUT2D eigenvalue weighted by Gasteiger charge is -2.41. The van der Waals surface area contributed by atoms with Crippen molar-refractivity contribution in [3.63, 3.8) is 0 Å². The number of halogens is 2. The van der Waals surface area contributed by atoms with Crippen molar-refractivity contribution in [3.8, 4) is 0 Å². The lowest BCUT2D eigenvalue weighted by Crippen LogP contribution is -2.54. The number of hydrogen-bond donors (Lipinski definition) is 2. The Labute approximate surface area is 149 Å². The summed E-state index contributed by atoms with van der Waals surface area (Å²) in [5.74, 6) is -1.48. The van der Waals surface area contributed by atoms with E-state index in [0.717, 1.165) is 37.4 Å². The van der Waals surface area contributed by atoms with Crippen LogP contribution in [0.2, 0.25) is 0 Å². The molecule has 9 heteroatoms. The van der Waals surface area contributed by atoms with Gasteiger partial charge in [-0.25, -0.2) is 13.8 Å². The summed E-state index contributed by atoms with van der Waals surface area (Å²) in [7, 11) is 0. The van der Waals surface area contributed by atoms with E-state index in [2.05, 4.69) is 35.3 Å². The average molecular weight is 361 g/mol. The zero-order chi connectivity index (χ0) is 17.7. The van der Waals surface area contributed by atoms with E-state index in [4.69, 9.17) is 0 Å². The Morgan fingerprint density at radius 3 is 2.69 bits per heavy atom. The van der Waals surface area contributed by atoms with Crippen LogP contribution in [0.25, 0.3) is 0 Å². The predicted octanol–water partition coefficient (Wildman–Crippen LogP) is 2.25. The Morgan fingerprint density at radius 1 is 1.27 bits per heavy atom. The van der Waals surface area contributed by atoms with E-state index in [1.54, 1.807) is 18.6 Å². The molecule has 2 aromatic heterocycles. The molecular weight excluding hydrogens is 340 g/mol. The van der Waals surface area contributed by atoms with E-state index in [9.17, 15) is 8.78 Å². The number of nitrogens with one attached hydrogen (secondary N) is 2. The van der Waals surface area contributed by atoms with Gasteiger partial charge >= 0.3 is 0 Å². The van der Waals surface area contributed by atoms with Crippen LogP contribution in [0.4, 0.5) is 26.2 Å². The topological polar surface area (TPSA) is 73.0 Å². The highest BCUT2D eigenvalue weighted by molar-refractivity contribution is 5.53. The molecule has 7 nitrogen and oxygen atoms in total. The van der Waals surface area contributed by atoms with E-state index >= 15 is 0 Å². The van der Waals surface area contributed by atoms with E-state index in [0.29, 0.717) is 24.6 Å². The fourth-order valence-corrected chi connectivity index (χ4v) is 4.23. The fraction of sp³-hybridized carbons (Fsp3) is 0.588. The summed E-state index contributed by atoms with van der Waals surface area (Å²) in [6.45, 7) is 2.20. The van der Waals surface area contributed by atoms with Gasteiger partial charge in [-0.1, -0.05) is 0 Å². The van der Waals surface area contributed by atoms with Gasteiger partial charge < -0.3 is 10.2 Å². The van der Waals surface area contributed by atoms with Crippen molar-refractivity contribution in [2.24, 2.45) is 5.92 Å². The molecular formula is C17H21F2N7. The SMILES string of the molecule is FC1(F)C[C@@H]1CN1[C@@H]2CC[C@H]1CN(c1ccnc(Nc3cn[nH]c3)n1)C2. The van der Waals surface area contributed by atoms with Crippen LogP contribution in [-0.4, -0.2) is 62.7 Å². The first-order valence-corrected chi connectivity index (χ1v) is 9.06. The van der Waals surface area contributed by atoms with Crippen LogP contribution in [0.3, 0.4) is 0 Å². The summed E-state index contributed by atoms with van der Waals surface area (Å²) in [4.78, 5) is 13.4. The number of rotatable bonds is 5. The number of alkyl halides is 2.